The monoisotopic (exact) mass is 206 g/mol. The third kappa shape index (κ3) is 2.39. The molecule has 2 rings (SSSR count). The van der Waals surface area contributed by atoms with Crippen molar-refractivity contribution in [2.75, 3.05) is 13.2 Å². The van der Waals surface area contributed by atoms with Gasteiger partial charge in [0.25, 0.3) is 0 Å². The number of aliphatic hydroxyl groups is 1. The second kappa shape index (κ2) is 4.77. The molecular formula is C13H18O2. The molecule has 15 heavy (non-hydrogen) atoms. The van der Waals surface area contributed by atoms with E-state index >= 15 is 0 Å². The van der Waals surface area contributed by atoms with Gasteiger partial charge in [-0.15, -0.1) is 0 Å². The normalized spacial score (nSPS) is 31.5. The molecule has 1 saturated heterocycles. The van der Waals surface area contributed by atoms with Crippen LogP contribution in [0.25, 0.3) is 0 Å². The molecule has 2 heteroatoms. The Morgan fingerprint density at radius 1 is 1.33 bits per heavy atom. The van der Waals surface area contributed by atoms with Crippen LogP contribution in [0, 0.1) is 11.8 Å². The molecule has 1 heterocycles. The lowest BCUT2D eigenvalue weighted by molar-refractivity contribution is -0.0556. The zero-order valence-electron chi connectivity index (χ0n) is 9.10. The number of ether oxygens (including phenoxy) is 1. The van der Waals surface area contributed by atoms with Gasteiger partial charge in [0.15, 0.2) is 0 Å². The van der Waals surface area contributed by atoms with Crippen LogP contribution in [0.3, 0.4) is 0 Å². The number of hydrogen-bond donors (Lipinski definition) is 1. The standard InChI is InChI=1S/C13H18O2/c1-10-9-15-13(7-12(10)8-14)11-5-3-2-4-6-11/h2-6,10,12-14H,7-9H2,1H3/t10-,12+,13-/m1/s1. The summed E-state index contributed by atoms with van der Waals surface area (Å²) in [5, 5.41) is 9.27. The Labute approximate surface area is 90.9 Å². The third-order valence-corrected chi connectivity index (χ3v) is 3.29. The van der Waals surface area contributed by atoms with E-state index in [-0.39, 0.29) is 12.7 Å². The van der Waals surface area contributed by atoms with Crippen LogP contribution < -0.4 is 0 Å². The zero-order chi connectivity index (χ0) is 10.7. The first-order valence-corrected chi connectivity index (χ1v) is 5.58. The molecule has 1 aliphatic rings. The summed E-state index contributed by atoms with van der Waals surface area (Å²) in [4.78, 5) is 0. The van der Waals surface area contributed by atoms with E-state index in [1.807, 2.05) is 18.2 Å². The lowest BCUT2D eigenvalue weighted by Gasteiger charge is -2.33. The predicted octanol–water partition coefficient (Wildman–Crippen LogP) is 2.39. The van der Waals surface area contributed by atoms with Crippen molar-refractivity contribution >= 4 is 0 Å². The fourth-order valence-electron chi connectivity index (χ4n) is 2.13. The first-order valence-electron chi connectivity index (χ1n) is 5.58. The molecule has 0 unspecified atom stereocenters. The summed E-state index contributed by atoms with van der Waals surface area (Å²) in [6.07, 6.45) is 1.10. The molecule has 0 amide bonds. The third-order valence-electron chi connectivity index (χ3n) is 3.29. The fraction of sp³-hybridized carbons (Fsp3) is 0.538. The van der Waals surface area contributed by atoms with Crippen LogP contribution in [0.2, 0.25) is 0 Å². The van der Waals surface area contributed by atoms with Gasteiger partial charge in [0.2, 0.25) is 0 Å². The van der Waals surface area contributed by atoms with Gasteiger partial charge in [0.05, 0.1) is 12.7 Å². The maximum Gasteiger partial charge on any atom is 0.0828 e. The second-order valence-electron chi connectivity index (χ2n) is 4.39. The minimum atomic E-state index is 0.166. The van der Waals surface area contributed by atoms with E-state index in [4.69, 9.17) is 4.74 Å². The van der Waals surface area contributed by atoms with Crippen LogP contribution in [0.15, 0.2) is 30.3 Å². The van der Waals surface area contributed by atoms with Gasteiger partial charge in [0, 0.05) is 6.61 Å². The predicted molar refractivity (Wildman–Crippen MR) is 59.5 cm³/mol. The molecule has 0 radical (unpaired) electrons. The summed E-state index contributed by atoms with van der Waals surface area (Å²) < 4.78 is 5.80. The van der Waals surface area contributed by atoms with E-state index in [2.05, 4.69) is 19.1 Å². The van der Waals surface area contributed by atoms with Crippen LogP contribution in [-0.2, 0) is 4.74 Å². The van der Waals surface area contributed by atoms with Crippen LogP contribution in [0.4, 0.5) is 0 Å². The summed E-state index contributed by atoms with van der Waals surface area (Å²) in [6, 6.07) is 10.3. The van der Waals surface area contributed by atoms with Gasteiger partial charge in [-0.3, -0.25) is 0 Å². The fourth-order valence-corrected chi connectivity index (χ4v) is 2.13. The van der Waals surface area contributed by atoms with Crippen molar-refractivity contribution < 1.29 is 9.84 Å². The van der Waals surface area contributed by atoms with Gasteiger partial charge in [-0.1, -0.05) is 37.3 Å². The van der Waals surface area contributed by atoms with E-state index < -0.39 is 0 Å². The summed E-state index contributed by atoms with van der Waals surface area (Å²) in [5.41, 5.74) is 1.22. The highest BCUT2D eigenvalue weighted by Gasteiger charge is 2.28. The Bertz CT molecular complexity index is 297. The molecule has 1 aromatic rings. The van der Waals surface area contributed by atoms with Crippen LogP contribution in [0.5, 0.6) is 0 Å². The molecule has 82 valence electrons. The highest BCUT2D eigenvalue weighted by molar-refractivity contribution is 5.18. The minimum absolute atomic E-state index is 0.166. The van der Waals surface area contributed by atoms with Crippen molar-refractivity contribution in [1.29, 1.82) is 0 Å². The van der Waals surface area contributed by atoms with Crippen molar-refractivity contribution in [1.82, 2.24) is 0 Å². The van der Waals surface area contributed by atoms with Crippen molar-refractivity contribution in [3.05, 3.63) is 35.9 Å². The summed E-state index contributed by atoms with van der Waals surface area (Å²) in [5.74, 6) is 0.846. The van der Waals surface area contributed by atoms with Gasteiger partial charge >= 0.3 is 0 Å². The van der Waals surface area contributed by atoms with Crippen molar-refractivity contribution in [2.24, 2.45) is 11.8 Å². The average Bonchev–Trinajstić information content (AvgIpc) is 2.31. The molecule has 0 saturated carbocycles. The second-order valence-corrected chi connectivity index (χ2v) is 4.39. The Morgan fingerprint density at radius 3 is 2.73 bits per heavy atom. The summed E-state index contributed by atoms with van der Waals surface area (Å²) in [6.45, 7) is 3.17. The lowest BCUT2D eigenvalue weighted by Crippen LogP contribution is -2.29. The Morgan fingerprint density at radius 2 is 2.07 bits per heavy atom. The SMILES string of the molecule is C[C@@H]1CO[C@@H](c2ccccc2)C[C@H]1CO. The topological polar surface area (TPSA) is 29.5 Å². The van der Waals surface area contributed by atoms with Crippen LogP contribution >= 0.6 is 0 Å². The smallest absolute Gasteiger partial charge is 0.0828 e. The molecule has 0 spiro atoms. The Hall–Kier alpha value is -0.860. The van der Waals surface area contributed by atoms with E-state index in [1.165, 1.54) is 5.56 Å². The number of rotatable bonds is 2. The molecule has 0 aliphatic carbocycles. The summed E-state index contributed by atoms with van der Waals surface area (Å²) >= 11 is 0. The average molecular weight is 206 g/mol. The van der Waals surface area contributed by atoms with Crippen molar-refractivity contribution in [3.63, 3.8) is 0 Å². The lowest BCUT2D eigenvalue weighted by atomic mass is 9.85. The number of aliphatic hydroxyl groups excluding tert-OH is 1. The van der Waals surface area contributed by atoms with Crippen molar-refractivity contribution in [3.8, 4) is 0 Å². The van der Waals surface area contributed by atoms with E-state index in [9.17, 15) is 5.11 Å². The first-order chi connectivity index (χ1) is 7.31. The minimum Gasteiger partial charge on any atom is -0.396 e. The zero-order valence-corrected chi connectivity index (χ0v) is 9.10. The molecule has 2 nitrogen and oxygen atoms in total. The van der Waals surface area contributed by atoms with Gasteiger partial charge in [-0.2, -0.15) is 0 Å². The molecule has 1 aliphatic heterocycles. The maximum absolute atomic E-state index is 9.27. The van der Waals surface area contributed by atoms with Crippen LogP contribution in [0.1, 0.15) is 25.0 Å². The molecule has 0 bridgehead atoms. The number of hydrogen-bond acceptors (Lipinski definition) is 2. The highest BCUT2D eigenvalue weighted by Crippen LogP contribution is 2.34. The Kier molecular flexibility index (Phi) is 3.39. The molecule has 3 atom stereocenters. The molecule has 1 N–H and O–H groups in total. The van der Waals surface area contributed by atoms with E-state index in [0.717, 1.165) is 13.0 Å². The highest BCUT2D eigenvalue weighted by atomic mass is 16.5. The number of benzene rings is 1. The molecule has 1 aromatic carbocycles. The molecule has 0 aromatic heterocycles. The first kappa shape index (κ1) is 10.7. The van der Waals surface area contributed by atoms with E-state index in [1.54, 1.807) is 0 Å². The largest absolute Gasteiger partial charge is 0.396 e. The Balaban J connectivity index is 2.06. The van der Waals surface area contributed by atoms with Crippen LogP contribution in [-0.4, -0.2) is 18.3 Å². The quantitative estimate of drug-likeness (QED) is 0.805. The van der Waals surface area contributed by atoms with E-state index in [0.29, 0.717) is 11.8 Å². The van der Waals surface area contributed by atoms with Crippen molar-refractivity contribution in [2.45, 2.75) is 19.4 Å². The summed E-state index contributed by atoms with van der Waals surface area (Å²) in [7, 11) is 0. The molecule has 1 fully saturated rings. The maximum atomic E-state index is 9.27. The van der Waals surface area contributed by atoms with Gasteiger partial charge in [0.1, 0.15) is 0 Å². The van der Waals surface area contributed by atoms with Gasteiger partial charge < -0.3 is 9.84 Å². The van der Waals surface area contributed by atoms with Gasteiger partial charge in [-0.25, -0.2) is 0 Å². The van der Waals surface area contributed by atoms with Gasteiger partial charge in [-0.05, 0) is 23.8 Å². The molecular weight excluding hydrogens is 188 g/mol.